The van der Waals surface area contributed by atoms with Crippen molar-refractivity contribution in [3.05, 3.63) is 212 Å². The molecule has 0 unspecified atom stereocenters. The van der Waals surface area contributed by atoms with Crippen LogP contribution in [0.15, 0.2) is 216 Å². The first kappa shape index (κ1) is 22.0. The lowest BCUT2D eigenvalue weighted by Gasteiger charge is -2.25. The number of rotatable bonds is 8. The maximum absolute atomic E-state index is 9.35. The molecule has 0 spiro atoms. The van der Waals surface area contributed by atoms with Gasteiger partial charge < -0.3 is 9.32 Å². The van der Waals surface area contributed by atoms with Crippen LogP contribution in [0.5, 0.6) is 0 Å². The number of aromatic nitrogens is 2. The molecule has 0 N–H and O–H groups in total. The number of benzene rings is 8. The fourth-order valence-electron chi connectivity index (χ4n) is 6.80. The van der Waals surface area contributed by atoms with E-state index in [1.165, 1.54) is 4.90 Å². The van der Waals surface area contributed by atoms with E-state index in [0.717, 1.165) is 45.3 Å². The van der Waals surface area contributed by atoms with E-state index in [9.17, 15) is 1.37 Å². The van der Waals surface area contributed by atoms with Crippen LogP contribution >= 0.6 is 0 Å². The molecule has 0 bridgehead atoms. The van der Waals surface area contributed by atoms with Gasteiger partial charge in [-0.2, -0.15) is 0 Å². The molecule has 0 aliphatic carbocycles. The smallest absolute Gasteiger partial charge is 0.160 e. The van der Waals surface area contributed by atoms with Crippen LogP contribution < -0.4 is 4.90 Å². The summed E-state index contributed by atoms with van der Waals surface area (Å²) in [5.41, 5.74) is 5.49. The molecule has 0 aliphatic rings. The molecule has 0 saturated heterocycles. The lowest BCUT2D eigenvalue weighted by Crippen LogP contribution is -2.09. The molecule has 264 valence electrons. The number of hydrogen-bond acceptors (Lipinski definition) is 4. The Bertz CT molecular complexity index is 3600. The average Bonchev–Trinajstić information content (AvgIpc) is 3.76. The SMILES string of the molecule is [2H]c1cc(N(c2ccc3oc4cccc(-c5ccc(-c6cc(-c7ccccc7)nc(-c7ccccc7)n6)cc5)c4c3c2)c2c([2H])c([2H])c([2H])c([2H])c2[2H])c([2H])c([2H])c1-c1c([2H])c([2H])c([2H])c([2H])c1[2H]. The van der Waals surface area contributed by atoms with E-state index in [2.05, 4.69) is 0 Å². The molecule has 2 aromatic heterocycles. The van der Waals surface area contributed by atoms with Gasteiger partial charge in [0.2, 0.25) is 0 Å². The van der Waals surface area contributed by atoms with Crippen molar-refractivity contribution < 1.29 is 22.2 Å². The number of para-hydroxylation sites is 1. The molecule has 0 aliphatic heterocycles. The standard InChI is InChI=1S/C52H35N3O/c1-5-14-36(15-6-1)37-28-30-43(31-29-37)55(42-20-11-4-12-21-42)44-32-33-49-46(34-44)51-45(22-13-23-50(51)56-49)38-24-26-40(27-25-38)48-35-47(39-16-7-2-8-17-39)53-52(54-48)41-18-9-3-10-19-41/h1-35H/i1D,4D,5D,6D,11D,12D,14D,15D,20D,21D,28D,29D,30D. The molecule has 10 rings (SSSR count). The Balaban J connectivity index is 1.14. The predicted molar refractivity (Wildman–Crippen MR) is 231 cm³/mol. The highest BCUT2D eigenvalue weighted by atomic mass is 16.3. The fourth-order valence-corrected chi connectivity index (χ4v) is 6.80. The minimum absolute atomic E-state index is 0.184. The zero-order valence-electron chi connectivity index (χ0n) is 42.5. The number of fused-ring (bicyclic) bond motifs is 3. The summed E-state index contributed by atoms with van der Waals surface area (Å²) in [6.45, 7) is 0. The second-order valence-electron chi connectivity index (χ2n) is 12.8. The third-order valence-corrected chi connectivity index (χ3v) is 9.43. The average molecular weight is 731 g/mol. The molecule has 0 saturated carbocycles. The van der Waals surface area contributed by atoms with E-state index >= 15 is 0 Å². The van der Waals surface area contributed by atoms with Crippen molar-refractivity contribution in [3.63, 3.8) is 0 Å². The lowest BCUT2D eigenvalue weighted by molar-refractivity contribution is 0.669. The van der Waals surface area contributed by atoms with Crippen molar-refractivity contribution in [3.8, 4) is 56.2 Å². The van der Waals surface area contributed by atoms with E-state index in [0.29, 0.717) is 27.8 Å². The molecule has 0 atom stereocenters. The van der Waals surface area contributed by atoms with Gasteiger partial charge in [0.25, 0.3) is 0 Å². The molecule has 0 fully saturated rings. The monoisotopic (exact) mass is 730 g/mol. The first-order chi connectivity index (χ1) is 33.1. The Morgan fingerprint density at radius 3 is 1.79 bits per heavy atom. The minimum atomic E-state index is -0.683. The van der Waals surface area contributed by atoms with Crippen LogP contribution in [0, 0.1) is 0 Å². The Morgan fingerprint density at radius 2 is 1.05 bits per heavy atom. The van der Waals surface area contributed by atoms with Gasteiger partial charge in [0.1, 0.15) is 11.2 Å². The molecule has 8 aromatic carbocycles. The number of hydrogen-bond donors (Lipinski definition) is 0. The largest absolute Gasteiger partial charge is 0.456 e. The number of anilines is 3. The summed E-state index contributed by atoms with van der Waals surface area (Å²) in [6, 6.07) is 32.8. The summed E-state index contributed by atoms with van der Waals surface area (Å²) < 4.78 is 119. The quantitative estimate of drug-likeness (QED) is 0.156. The van der Waals surface area contributed by atoms with Crippen LogP contribution in [-0.4, -0.2) is 9.97 Å². The van der Waals surface area contributed by atoms with Crippen LogP contribution in [-0.2, 0) is 0 Å². The second kappa shape index (κ2) is 14.3. The zero-order chi connectivity index (χ0) is 48.6. The third-order valence-electron chi connectivity index (χ3n) is 9.43. The Hall–Kier alpha value is -7.56. The molecule has 10 aromatic rings. The van der Waals surface area contributed by atoms with Gasteiger partial charge in [0.15, 0.2) is 5.82 Å². The summed E-state index contributed by atoms with van der Waals surface area (Å²) in [5, 5.41) is 1.25. The predicted octanol–water partition coefficient (Wildman–Crippen LogP) is 14.2. The van der Waals surface area contributed by atoms with Crippen LogP contribution in [0.1, 0.15) is 17.8 Å². The van der Waals surface area contributed by atoms with Gasteiger partial charge in [-0.05, 0) is 76.8 Å². The lowest BCUT2D eigenvalue weighted by atomic mass is 9.97. The van der Waals surface area contributed by atoms with Crippen LogP contribution in [0.2, 0.25) is 0 Å². The van der Waals surface area contributed by atoms with Crippen molar-refractivity contribution in [2.45, 2.75) is 0 Å². The zero-order valence-corrected chi connectivity index (χ0v) is 29.5. The van der Waals surface area contributed by atoms with E-state index < -0.39 is 89.7 Å². The number of furan rings is 1. The van der Waals surface area contributed by atoms with Gasteiger partial charge in [-0.3, -0.25) is 0 Å². The van der Waals surface area contributed by atoms with Crippen molar-refractivity contribution in [2.75, 3.05) is 4.90 Å². The van der Waals surface area contributed by atoms with Gasteiger partial charge in [-0.15, -0.1) is 0 Å². The van der Waals surface area contributed by atoms with E-state index in [1.807, 2.05) is 109 Å². The van der Waals surface area contributed by atoms with Gasteiger partial charge in [-0.1, -0.05) is 157 Å². The minimum Gasteiger partial charge on any atom is -0.456 e. The second-order valence-corrected chi connectivity index (χ2v) is 12.8. The van der Waals surface area contributed by atoms with E-state index in [4.69, 9.17) is 30.8 Å². The highest BCUT2D eigenvalue weighted by Gasteiger charge is 2.18. The van der Waals surface area contributed by atoms with Crippen molar-refractivity contribution in [1.29, 1.82) is 0 Å². The van der Waals surface area contributed by atoms with Gasteiger partial charge >= 0.3 is 0 Å². The Labute approximate surface area is 343 Å². The van der Waals surface area contributed by atoms with Crippen molar-refractivity contribution in [1.82, 2.24) is 9.97 Å². The maximum Gasteiger partial charge on any atom is 0.160 e. The molecule has 56 heavy (non-hydrogen) atoms. The fraction of sp³-hybridized carbons (Fsp3) is 0. The summed E-state index contributed by atoms with van der Waals surface area (Å²) >= 11 is 0. The first-order valence-corrected chi connectivity index (χ1v) is 17.8. The highest BCUT2D eigenvalue weighted by molar-refractivity contribution is 6.13. The van der Waals surface area contributed by atoms with Crippen molar-refractivity contribution >= 4 is 39.0 Å². The third kappa shape index (κ3) is 6.29. The highest BCUT2D eigenvalue weighted by Crippen LogP contribution is 2.42. The Kier molecular flexibility index (Phi) is 5.63. The molecule has 0 amide bonds. The molecule has 2 heterocycles. The summed E-state index contributed by atoms with van der Waals surface area (Å²) in [6.07, 6.45) is 0. The Morgan fingerprint density at radius 1 is 0.411 bits per heavy atom. The van der Waals surface area contributed by atoms with Crippen LogP contribution in [0.3, 0.4) is 0 Å². The molecular formula is C52H35N3O. The molecule has 4 nitrogen and oxygen atoms in total. The van der Waals surface area contributed by atoms with E-state index in [-0.39, 0.29) is 17.1 Å². The molecular weight excluding hydrogens is 683 g/mol. The topological polar surface area (TPSA) is 42.2 Å². The molecule has 0 radical (unpaired) electrons. The first-order valence-electron chi connectivity index (χ1n) is 24.3. The van der Waals surface area contributed by atoms with Gasteiger partial charge in [-0.25, -0.2) is 9.97 Å². The van der Waals surface area contributed by atoms with Crippen LogP contribution in [0.25, 0.3) is 78.1 Å². The number of nitrogens with zero attached hydrogens (tertiary/aromatic N) is 3. The van der Waals surface area contributed by atoms with E-state index in [1.54, 1.807) is 18.2 Å². The summed E-state index contributed by atoms with van der Waals surface area (Å²) in [4.78, 5) is 11.1. The normalized spacial score (nSPS) is 14.5. The van der Waals surface area contributed by atoms with Gasteiger partial charge in [0, 0.05) is 44.5 Å². The van der Waals surface area contributed by atoms with Crippen molar-refractivity contribution in [2.24, 2.45) is 0 Å². The molecule has 4 heteroatoms. The summed E-state index contributed by atoms with van der Waals surface area (Å²) in [5.74, 6) is 0.583. The van der Waals surface area contributed by atoms with Gasteiger partial charge in [0.05, 0.1) is 29.2 Å². The summed E-state index contributed by atoms with van der Waals surface area (Å²) in [7, 11) is 0. The maximum atomic E-state index is 9.35. The van der Waals surface area contributed by atoms with Crippen LogP contribution in [0.4, 0.5) is 17.1 Å².